The first-order chi connectivity index (χ1) is 15.9. The maximum absolute atomic E-state index is 13.5. The number of aromatic nitrogens is 1. The number of amides is 1. The number of aryl methyl sites for hydroxylation is 1. The van der Waals surface area contributed by atoms with Gasteiger partial charge in [0.15, 0.2) is 5.57 Å². The number of hydrogen-bond acceptors (Lipinski definition) is 4. The lowest BCUT2D eigenvalue weighted by molar-refractivity contribution is -0.123. The van der Waals surface area contributed by atoms with Gasteiger partial charge in [-0.3, -0.25) is 14.2 Å². The monoisotopic (exact) mass is 457 g/mol. The van der Waals surface area contributed by atoms with E-state index in [1.54, 1.807) is 4.90 Å². The van der Waals surface area contributed by atoms with Gasteiger partial charge in [-0.15, -0.1) is 11.3 Å². The van der Waals surface area contributed by atoms with Crippen LogP contribution in [0.2, 0.25) is 0 Å². The van der Waals surface area contributed by atoms with E-state index in [1.165, 1.54) is 15.9 Å². The molecule has 0 aliphatic carbocycles. The fourth-order valence-electron chi connectivity index (χ4n) is 3.97. The van der Waals surface area contributed by atoms with Gasteiger partial charge in [0, 0.05) is 13.1 Å². The molecule has 1 saturated heterocycles. The Hall–Kier alpha value is -3.43. The minimum absolute atomic E-state index is 0.0236. The van der Waals surface area contributed by atoms with E-state index in [4.69, 9.17) is 0 Å². The van der Waals surface area contributed by atoms with Crippen molar-refractivity contribution in [2.45, 2.75) is 39.5 Å². The first-order valence-corrected chi connectivity index (χ1v) is 12.0. The molecule has 0 unspecified atom stereocenters. The summed E-state index contributed by atoms with van der Waals surface area (Å²) in [5, 5.41) is 9.97. The Morgan fingerprint density at radius 3 is 2.27 bits per heavy atom. The van der Waals surface area contributed by atoms with E-state index in [9.17, 15) is 14.9 Å². The summed E-state index contributed by atoms with van der Waals surface area (Å²) in [6, 6.07) is 17.8. The summed E-state index contributed by atoms with van der Waals surface area (Å²) < 4.78 is 2.39. The largest absolute Gasteiger partial charge is 0.338 e. The summed E-state index contributed by atoms with van der Waals surface area (Å²) in [5.41, 5.74) is 3.65. The molecule has 0 saturated carbocycles. The molecule has 1 fully saturated rings. The fourth-order valence-corrected chi connectivity index (χ4v) is 5.07. The third-order valence-electron chi connectivity index (χ3n) is 5.95. The van der Waals surface area contributed by atoms with Crippen molar-refractivity contribution < 1.29 is 4.79 Å². The lowest BCUT2D eigenvalue weighted by Crippen LogP contribution is -2.35. The Labute approximate surface area is 197 Å². The first kappa shape index (κ1) is 22.8. The van der Waals surface area contributed by atoms with Crippen molar-refractivity contribution in [2.75, 3.05) is 13.1 Å². The molecular formula is C27H27N3O2S. The van der Waals surface area contributed by atoms with Crippen molar-refractivity contribution in [3.8, 4) is 11.8 Å². The summed E-state index contributed by atoms with van der Waals surface area (Å²) >= 11 is 1.20. The summed E-state index contributed by atoms with van der Waals surface area (Å²) in [6.07, 6.45) is 3.69. The first-order valence-electron chi connectivity index (χ1n) is 11.2. The van der Waals surface area contributed by atoms with Crippen molar-refractivity contribution in [3.05, 3.63) is 84.8 Å². The highest BCUT2D eigenvalue weighted by Gasteiger charge is 2.24. The fraction of sp³-hybridized carbons (Fsp3) is 0.296. The van der Waals surface area contributed by atoms with E-state index in [2.05, 4.69) is 19.9 Å². The van der Waals surface area contributed by atoms with Gasteiger partial charge in [0.25, 0.3) is 11.5 Å². The van der Waals surface area contributed by atoms with E-state index in [0.717, 1.165) is 29.5 Å². The number of benzene rings is 2. The lowest BCUT2D eigenvalue weighted by atomic mass is 10.0. The van der Waals surface area contributed by atoms with Gasteiger partial charge in [0.05, 0.1) is 10.2 Å². The maximum Gasteiger partial charge on any atom is 0.273 e. The lowest BCUT2D eigenvalue weighted by Gasteiger charge is -2.14. The average molecular weight is 458 g/mol. The van der Waals surface area contributed by atoms with Crippen molar-refractivity contribution in [3.63, 3.8) is 0 Å². The van der Waals surface area contributed by atoms with Crippen LogP contribution in [0.25, 0.3) is 17.3 Å². The van der Waals surface area contributed by atoms with Gasteiger partial charge < -0.3 is 4.90 Å². The Bertz CT molecular complexity index is 1380. The van der Waals surface area contributed by atoms with Gasteiger partial charge in [-0.05, 0) is 55.0 Å². The van der Waals surface area contributed by atoms with Gasteiger partial charge in [-0.1, -0.05) is 55.8 Å². The molecule has 5 nitrogen and oxygen atoms in total. The molecule has 3 aromatic rings. The number of carbonyl (C=O) groups is 1. The van der Waals surface area contributed by atoms with E-state index >= 15 is 0 Å². The highest BCUT2D eigenvalue weighted by atomic mass is 32.1. The second-order valence-electron chi connectivity index (χ2n) is 8.70. The molecule has 1 aliphatic rings. The second-order valence-corrected chi connectivity index (χ2v) is 9.73. The Kier molecular flexibility index (Phi) is 6.62. The average Bonchev–Trinajstić information content (AvgIpc) is 3.45. The molecule has 6 heteroatoms. The molecule has 0 spiro atoms. The van der Waals surface area contributed by atoms with E-state index in [1.807, 2.05) is 61.5 Å². The van der Waals surface area contributed by atoms with Gasteiger partial charge in [0.2, 0.25) is 0 Å². The Morgan fingerprint density at radius 2 is 1.70 bits per heavy atom. The van der Waals surface area contributed by atoms with Crippen molar-refractivity contribution in [1.29, 1.82) is 5.26 Å². The topological polar surface area (TPSA) is 66.1 Å². The minimum Gasteiger partial charge on any atom is -0.338 e. The van der Waals surface area contributed by atoms with Crippen LogP contribution < -0.4 is 14.8 Å². The predicted molar refractivity (Wildman–Crippen MR) is 133 cm³/mol. The molecule has 0 radical (unpaired) electrons. The third kappa shape index (κ3) is 4.69. The van der Waals surface area contributed by atoms with Crippen LogP contribution in [0.5, 0.6) is 0 Å². The minimum atomic E-state index is -0.300. The molecule has 2 aromatic carbocycles. The second kappa shape index (κ2) is 9.60. The molecule has 4 rings (SSSR count). The molecule has 33 heavy (non-hydrogen) atoms. The molecule has 1 aliphatic heterocycles. The summed E-state index contributed by atoms with van der Waals surface area (Å²) in [7, 11) is 0. The van der Waals surface area contributed by atoms with Crippen LogP contribution in [-0.2, 0) is 4.79 Å². The van der Waals surface area contributed by atoms with Crippen LogP contribution >= 0.6 is 11.3 Å². The highest BCUT2D eigenvalue weighted by molar-refractivity contribution is 7.07. The molecule has 0 N–H and O–H groups in total. The van der Waals surface area contributed by atoms with Gasteiger partial charge >= 0.3 is 0 Å². The number of thiazole rings is 1. The smallest absolute Gasteiger partial charge is 0.273 e. The summed E-state index contributed by atoms with van der Waals surface area (Å²) in [6.45, 7) is 7.53. The normalized spacial score (nSPS) is 15.1. The zero-order valence-corrected chi connectivity index (χ0v) is 20.0. The predicted octanol–water partition coefficient (Wildman–Crippen LogP) is 3.46. The van der Waals surface area contributed by atoms with Crippen LogP contribution in [0.1, 0.15) is 49.3 Å². The molecule has 168 valence electrons. The standard InChI is InChI=1S/C27H27N3O2S/c1-18(2)21-10-12-22(13-11-21)30-26(32)24(16-20-8-6-19(3)7-9-20)33-27(30)23(17-28)25(31)29-14-4-5-15-29/h6-13,16,18H,4-5,14-15H2,1-3H3/b24-16+,27-23-. The van der Waals surface area contributed by atoms with Crippen LogP contribution in [0.4, 0.5) is 0 Å². The molecular weight excluding hydrogens is 430 g/mol. The number of carbonyl (C=O) groups excluding carboxylic acids is 1. The van der Waals surface area contributed by atoms with Crippen molar-refractivity contribution in [1.82, 2.24) is 9.47 Å². The molecule has 0 bridgehead atoms. The zero-order chi connectivity index (χ0) is 23.5. The molecule has 2 heterocycles. The van der Waals surface area contributed by atoms with Crippen LogP contribution in [0.3, 0.4) is 0 Å². The molecule has 1 aromatic heterocycles. The van der Waals surface area contributed by atoms with Crippen LogP contribution in [0.15, 0.2) is 53.3 Å². The van der Waals surface area contributed by atoms with Gasteiger partial charge in [-0.25, -0.2) is 0 Å². The summed E-state index contributed by atoms with van der Waals surface area (Å²) in [4.78, 5) is 28.4. The number of nitrogens with zero attached hydrogens (tertiary/aromatic N) is 3. The van der Waals surface area contributed by atoms with Crippen LogP contribution in [0, 0.1) is 18.3 Å². The number of rotatable bonds is 4. The van der Waals surface area contributed by atoms with Crippen LogP contribution in [-0.4, -0.2) is 28.5 Å². The maximum atomic E-state index is 13.5. The number of hydrogen-bond donors (Lipinski definition) is 0. The molecule has 0 atom stereocenters. The Morgan fingerprint density at radius 1 is 1.06 bits per heavy atom. The van der Waals surface area contributed by atoms with E-state index < -0.39 is 0 Å². The summed E-state index contributed by atoms with van der Waals surface area (Å²) in [5.74, 6) is 0.0619. The SMILES string of the molecule is Cc1ccc(/C=c2/s/c(=C(/C#N)C(=O)N3CCCC3)n(-c3ccc(C(C)C)cc3)c2=O)cc1. The van der Waals surface area contributed by atoms with Crippen molar-refractivity contribution in [2.24, 2.45) is 0 Å². The molecule has 1 amide bonds. The number of likely N-dealkylation sites (tertiary alicyclic amines) is 1. The zero-order valence-electron chi connectivity index (χ0n) is 19.2. The van der Waals surface area contributed by atoms with Gasteiger partial charge in [-0.2, -0.15) is 5.26 Å². The van der Waals surface area contributed by atoms with Crippen molar-refractivity contribution >= 4 is 28.9 Å². The Balaban J connectivity index is 1.98. The highest BCUT2D eigenvalue weighted by Crippen LogP contribution is 2.16. The van der Waals surface area contributed by atoms with E-state index in [0.29, 0.717) is 33.9 Å². The quantitative estimate of drug-likeness (QED) is 0.603. The number of nitriles is 1. The van der Waals surface area contributed by atoms with E-state index in [-0.39, 0.29) is 17.0 Å². The third-order valence-corrected chi connectivity index (χ3v) is 7.04. The van der Waals surface area contributed by atoms with Gasteiger partial charge in [0.1, 0.15) is 10.7 Å².